The first-order chi connectivity index (χ1) is 15.0. The summed E-state index contributed by atoms with van der Waals surface area (Å²) in [7, 11) is -14.3. The van der Waals surface area contributed by atoms with Crippen molar-refractivity contribution in [3.05, 3.63) is 67.6 Å². The molecular weight excluding hydrogens is 650 g/mol. The quantitative estimate of drug-likeness (QED) is 0.232. The molecule has 33 heavy (non-hydrogen) atoms. The van der Waals surface area contributed by atoms with Crippen LogP contribution in [-0.2, 0) is 51.8 Å². The molecule has 0 aliphatic rings. The van der Waals surface area contributed by atoms with E-state index in [0.29, 0.717) is 0 Å². The van der Waals surface area contributed by atoms with Gasteiger partial charge in [0.2, 0.25) is 0 Å². The second kappa shape index (κ2) is 10.5. The number of hydrogen-bond acceptors (Lipinski definition) is 6. The van der Waals surface area contributed by atoms with E-state index in [9.17, 15) is 35.4 Å². The Morgan fingerprint density at radius 2 is 1.39 bits per heavy atom. The number of alkyl halides is 2. The maximum absolute atomic E-state index is 13.9. The molecule has 0 radical (unpaired) electrons. The summed E-state index contributed by atoms with van der Waals surface area (Å²) < 4.78 is 106. The van der Waals surface area contributed by atoms with Gasteiger partial charge in [0.05, 0.1) is 17.7 Å². The van der Waals surface area contributed by atoms with Crippen molar-refractivity contribution in [2.45, 2.75) is 23.3 Å². The van der Waals surface area contributed by atoms with E-state index < -0.39 is 53.9 Å². The fraction of sp³-hybridized carbons (Fsp3) is 0.250. The van der Waals surface area contributed by atoms with Crippen molar-refractivity contribution >= 4 is 56.9 Å². The normalized spacial score (nSPS) is 13.3. The molecule has 2 N–H and O–H groups in total. The lowest BCUT2D eigenvalue weighted by molar-refractivity contribution is -0.0881. The van der Waals surface area contributed by atoms with Crippen LogP contribution in [0.1, 0.15) is 22.3 Å². The fourth-order valence-electron chi connectivity index (χ4n) is 2.69. The summed E-state index contributed by atoms with van der Waals surface area (Å²) in [5, 5.41) is 0. The smallest absolute Gasteiger partial charge is 0.320 e. The number of rotatable bonds is 10. The van der Waals surface area contributed by atoms with Crippen LogP contribution in [0, 0.1) is 0 Å². The topological polar surface area (TPSA) is 127 Å². The SMILES string of the molecule is O=P(Cc1ccc(CS(=O)(=O)Cc2ccc(C(F)(F)P(=O)(O)O)c(Br)c2)cc1Br)(OF)OF. The van der Waals surface area contributed by atoms with Crippen molar-refractivity contribution in [1.29, 1.82) is 0 Å². The van der Waals surface area contributed by atoms with Gasteiger partial charge in [-0.2, -0.15) is 8.78 Å². The zero-order chi connectivity index (χ0) is 25.2. The monoisotopic (exact) mass is 662 g/mol. The van der Waals surface area contributed by atoms with Crippen LogP contribution in [0.2, 0.25) is 0 Å². The van der Waals surface area contributed by atoms with Gasteiger partial charge in [0, 0.05) is 14.5 Å². The highest BCUT2D eigenvalue weighted by atomic mass is 79.9. The fourth-order valence-corrected chi connectivity index (χ4v) is 7.09. The molecule has 0 bridgehead atoms. The van der Waals surface area contributed by atoms with Gasteiger partial charge in [-0.3, -0.25) is 9.13 Å². The van der Waals surface area contributed by atoms with Crippen LogP contribution in [0.15, 0.2) is 45.3 Å². The van der Waals surface area contributed by atoms with Gasteiger partial charge in [0.25, 0.3) is 0 Å². The van der Waals surface area contributed by atoms with Gasteiger partial charge in [-0.15, -0.1) is 9.46 Å². The first kappa shape index (κ1) is 28.6. The maximum atomic E-state index is 13.9. The molecule has 0 saturated heterocycles. The standard InChI is InChI=1S/C16H14Br2F4O8P2S/c17-14-5-10(1-3-12(14)7-31(23,29-21)30-22)8-33(27,28)9-11-2-4-13(15(18)6-11)16(19,20)32(24,25)26/h1-6H,7-9H2,(H2,24,25,26). The molecule has 0 spiro atoms. The van der Waals surface area contributed by atoms with E-state index in [1.807, 2.05) is 0 Å². The van der Waals surface area contributed by atoms with Gasteiger partial charge in [-0.1, -0.05) is 56.1 Å². The second-order valence-corrected chi connectivity index (χ2v) is 14.0. The van der Waals surface area contributed by atoms with Crippen molar-refractivity contribution in [3.8, 4) is 0 Å². The lowest BCUT2D eigenvalue weighted by Crippen LogP contribution is -2.15. The Labute approximate surface area is 202 Å². The van der Waals surface area contributed by atoms with E-state index in [-0.39, 0.29) is 25.6 Å². The molecule has 0 aliphatic carbocycles. The lowest BCUT2D eigenvalue weighted by Gasteiger charge is -2.19. The van der Waals surface area contributed by atoms with Gasteiger partial charge in [-0.25, -0.2) is 8.42 Å². The predicted molar refractivity (Wildman–Crippen MR) is 116 cm³/mol. The van der Waals surface area contributed by atoms with Crippen LogP contribution >= 0.6 is 47.1 Å². The van der Waals surface area contributed by atoms with Crippen molar-refractivity contribution in [3.63, 3.8) is 0 Å². The average Bonchev–Trinajstić information content (AvgIpc) is 2.68. The molecule has 2 aromatic rings. The molecule has 0 saturated carbocycles. The van der Waals surface area contributed by atoms with Crippen molar-refractivity contribution in [2.75, 3.05) is 0 Å². The predicted octanol–water partition coefficient (Wildman–Crippen LogP) is 6.05. The highest BCUT2D eigenvalue weighted by molar-refractivity contribution is 9.10. The molecule has 2 aromatic carbocycles. The molecule has 17 heteroatoms. The Balaban J connectivity index is 2.21. The zero-order valence-electron chi connectivity index (χ0n) is 16.0. The molecule has 2 rings (SSSR count). The Morgan fingerprint density at radius 1 is 0.909 bits per heavy atom. The summed E-state index contributed by atoms with van der Waals surface area (Å²) in [5.41, 5.74) is -5.04. The minimum absolute atomic E-state index is 0.0731. The molecule has 0 aromatic heterocycles. The van der Waals surface area contributed by atoms with Crippen LogP contribution in [0.25, 0.3) is 0 Å². The van der Waals surface area contributed by atoms with Gasteiger partial charge < -0.3 is 9.79 Å². The van der Waals surface area contributed by atoms with Crippen LogP contribution < -0.4 is 0 Å². The lowest BCUT2D eigenvalue weighted by atomic mass is 10.1. The van der Waals surface area contributed by atoms with E-state index >= 15 is 0 Å². The number of benzene rings is 2. The summed E-state index contributed by atoms with van der Waals surface area (Å²) in [4.78, 5) is 17.7. The Bertz CT molecular complexity index is 1230. The van der Waals surface area contributed by atoms with Crippen LogP contribution in [0.5, 0.6) is 0 Å². The zero-order valence-corrected chi connectivity index (χ0v) is 21.8. The summed E-state index contributed by atoms with van der Waals surface area (Å²) in [5.74, 6) is -1.10. The van der Waals surface area contributed by atoms with Crippen molar-refractivity contribution in [2.24, 2.45) is 0 Å². The Morgan fingerprint density at radius 3 is 1.82 bits per heavy atom. The summed E-state index contributed by atoms with van der Waals surface area (Å²) in [6, 6.07) is 6.62. The van der Waals surface area contributed by atoms with Gasteiger partial charge in [0.1, 0.15) is 0 Å². The molecule has 0 unspecified atom stereocenters. The van der Waals surface area contributed by atoms with Gasteiger partial charge >= 0.3 is 20.9 Å². The highest BCUT2D eigenvalue weighted by Gasteiger charge is 2.51. The van der Waals surface area contributed by atoms with Gasteiger partial charge in [0.15, 0.2) is 9.84 Å². The number of halogens is 6. The Kier molecular flexibility index (Phi) is 9.15. The maximum Gasteiger partial charge on any atom is 0.399 e. The molecular formula is C16H14Br2F4O8P2S. The third-order valence-electron chi connectivity index (χ3n) is 4.19. The molecule has 0 aliphatic heterocycles. The minimum Gasteiger partial charge on any atom is -0.320 e. The Hall–Kier alpha value is -0.630. The van der Waals surface area contributed by atoms with E-state index in [1.54, 1.807) is 0 Å². The van der Waals surface area contributed by atoms with Crippen LogP contribution in [0.4, 0.5) is 17.8 Å². The largest absolute Gasteiger partial charge is 0.399 e. The molecule has 0 amide bonds. The highest BCUT2D eigenvalue weighted by Crippen LogP contribution is 2.60. The summed E-state index contributed by atoms with van der Waals surface area (Å²) in [6.07, 6.45) is -0.771. The van der Waals surface area contributed by atoms with E-state index in [1.165, 1.54) is 18.2 Å². The molecule has 184 valence electrons. The molecule has 8 nitrogen and oxygen atoms in total. The number of hydrogen-bond donors (Lipinski definition) is 2. The number of sulfone groups is 1. The second-order valence-electron chi connectivity index (χ2n) is 6.76. The molecule has 0 fully saturated rings. The average molecular weight is 664 g/mol. The van der Waals surface area contributed by atoms with Gasteiger partial charge in [-0.05, 0) is 37.9 Å². The van der Waals surface area contributed by atoms with Crippen LogP contribution in [-0.4, -0.2) is 18.2 Å². The first-order valence-electron chi connectivity index (χ1n) is 8.43. The third-order valence-corrected chi connectivity index (χ3v) is 9.25. The minimum atomic E-state index is -5.81. The van der Waals surface area contributed by atoms with E-state index in [4.69, 9.17) is 9.79 Å². The molecule has 0 atom stereocenters. The summed E-state index contributed by atoms with van der Waals surface area (Å²) >= 11 is 5.85. The first-order valence-corrected chi connectivity index (χ1v) is 15.2. The van der Waals surface area contributed by atoms with Crippen LogP contribution in [0.3, 0.4) is 0 Å². The van der Waals surface area contributed by atoms with Crippen molar-refractivity contribution in [1.82, 2.24) is 0 Å². The van der Waals surface area contributed by atoms with E-state index in [0.717, 1.165) is 18.2 Å². The molecule has 0 heterocycles. The van der Waals surface area contributed by atoms with E-state index in [2.05, 4.69) is 41.3 Å². The van der Waals surface area contributed by atoms with Crippen molar-refractivity contribution < 1.29 is 54.6 Å². The third kappa shape index (κ3) is 7.18. The summed E-state index contributed by atoms with van der Waals surface area (Å²) in [6.45, 7) is 0.